The molecule has 0 spiro atoms. The highest BCUT2D eigenvalue weighted by atomic mass is 127. The molecule has 2 nitrogen and oxygen atoms in total. The molecule has 18 heavy (non-hydrogen) atoms. The van der Waals surface area contributed by atoms with E-state index in [1.807, 2.05) is 0 Å². The first-order valence-electron chi connectivity index (χ1n) is 4.12. The average Bonchev–Trinajstić information content (AvgIpc) is 2.13. The fourth-order valence-corrected chi connectivity index (χ4v) is 2.33. The number of ether oxygens (including phenoxy) is 1. The van der Waals surface area contributed by atoms with Gasteiger partial charge in [-0.05, 0) is 28.2 Å². The van der Waals surface area contributed by atoms with Crippen LogP contribution in [0.25, 0.3) is 0 Å². The zero-order chi connectivity index (χ0) is 14.1. The standard InChI is InChI=1S/C8H3ClF6INO/c9-1-3-2-17-6(18-8(13,14)15)4(5(3)16)7(10,11)12/h2H,1H2. The third-order valence-corrected chi connectivity index (χ3v) is 3.21. The maximum absolute atomic E-state index is 12.7. The summed E-state index contributed by atoms with van der Waals surface area (Å²) in [6, 6.07) is 0. The molecule has 0 aromatic carbocycles. The van der Waals surface area contributed by atoms with E-state index in [1.54, 1.807) is 0 Å². The van der Waals surface area contributed by atoms with Crippen molar-refractivity contribution in [3.8, 4) is 5.88 Å². The van der Waals surface area contributed by atoms with Gasteiger partial charge in [0.05, 0.1) is 0 Å². The van der Waals surface area contributed by atoms with Crippen LogP contribution in [-0.2, 0) is 12.1 Å². The molecular formula is C8H3ClF6INO. The van der Waals surface area contributed by atoms with Crippen LogP contribution in [0.4, 0.5) is 26.3 Å². The number of pyridine rings is 1. The summed E-state index contributed by atoms with van der Waals surface area (Å²) >= 11 is 6.62. The van der Waals surface area contributed by atoms with E-state index in [0.29, 0.717) is 0 Å². The van der Waals surface area contributed by atoms with Gasteiger partial charge in [0.15, 0.2) is 0 Å². The van der Waals surface area contributed by atoms with Gasteiger partial charge in [-0.15, -0.1) is 24.8 Å². The molecule has 1 aromatic heterocycles. The predicted octanol–water partition coefficient (Wildman–Crippen LogP) is 4.34. The number of nitrogens with zero attached hydrogens (tertiary/aromatic N) is 1. The quantitative estimate of drug-likeness (QED) is 0.415. The van der Waals surface area contributed by atoms with Crippen molar-refractivity contribution < 1.29 is 31.1 Å². The van der Waals surface area contributed by atoms with Crippen LogP contribution in [0, 0.1) is 3.57 Å². The fraction of sp³-hybridized carbons (Fsp3) is 0.375. The van der Waals surface area contributed by atoms with Gasteiger partial charge in [0, 0.05) is 15.6 Å². The summed E-state index contributed by atoms with van der Waals surface area (Å²) in [4.78, 5) is 3.01. The number of aromatic nitrogens is 1. The summed E-state index contributed by atoms with van der Waals surface area (Å²) < 4.78 is 76.7. The summed E-state index contributed by atoms with van der Waals surface area (Å²) in [5.74, 6) is -1.84. The minimum Gasteiger partial charge on any atom is -0.387 e. The molecule has 1 aromatic rings. The van der Waals surface area contributed by atoms with Crippen molar-refractivity contribution in [1.29, 1.82) is 0 Å². The molecule has 0 aliphatic carbocycles. The number of hydrogen-bond donors (Lipinski definition) is 0. The van der Waals surface area contributed by atoms with E-state index < -0.39 is 27.6 Å². The maximum Gasteiger partial charge on any atom is 0.574 e. The van der Waals surface area contributed by atoms with E-state index in [1.165, 1.54) is 22.6 Å². The van der Waals surface area contributed by atoms with Crippen molar-refractivity contribution in [1.82, 2.24) is 4.98 Å². The van der Waals surface area contributed by atoms with Crippen LogP contribution < -0.4 is 4.74 Å². The minimum atomic E-state index is -5.25. The van der Waals surface area contributed by atoms with Gasteiger partial charge in [-0.25, -0.2) is 4.98 Å². The lowest BCUT2D eigenvalue weighted by Crippen LogP contribution is -2.22. The van der Waals surface area contributed by atoms with Crippen LogP contribution in [0.2, 0.25) is 0 Å². The van der Waals surface area contributed by atoms with Gasteiger partial charge in [-0.3, -0.25) is 0 Å². The summed E-state index contributed by atoms with van der Waals surface area (Å²) in [5.41, 5.74) is -1.61. The molecule has 1 heterocycles. The predicted molar refractivity (Wildman–Crippen MR) is 58.2 cm³/mol. The van der Waals surface area contributed by atoms with Gasteiger partial charge in [-0.2, -0.15) is 13.2 Å². The first-order valence-corrected chi connectivity index (χ1v) is 5.74. The Morgan fingerprint density at radius 1 is 1.22 bits per heavy atom. The molecule has 0 aliphatic rings. The molecule has 10 heteroatoms. The molecule has 0 atom stereocenters. The Hall–Kier alpha value is -0.450. The molecule has 0 unspecified atom stereocenters. The Kier molecular flexibility index (Phi) is 4.57. The lowest BCUT2D eigenvalue weighted by Gasteiger charge is -2.16. The second kappa shape index (κ2) is 5.27. The van der Waals surface area contributed by atoms with Crippen molar-refractivity contribution in [3.05, 3.63) is 20.9 Å². The summed E-state index contributed by atoms with van der Waals surface area (Å²) in [6.45, 7) is 0. The number of hydrogen-bond acceptors (Lipinski definition) is 2. The van der Waals surface area contributed by atoms with Crippen molar-refractivity contribution in [2.75, 3.05) is 0 Å². The zero-order valence-corrected chi connectivity index (χ0v) is 11.1. The summed E-state index contributed by atoms with van der Waals surface area (Å²) in [7, 11) is 0. The highest BCUT2D eigenvalue weighted by molar-refractivity contribution is 14.1. The first-order chi connectivity index (χ1) is 8.06. The van der Waals surface area contributed by atoms with Crippen LogP contribution in [0.15, 0.2) is 6.20 Å². The molecule has 0 fully saturated rings. The van der Waals surface area contributed by atoms with Gasteiger partial charge in [-0.1, -0.05) is 0 Å². The van der Waals surface area contributed by atoms with E-state index in [-0.39, 0.29) is 11.4 Å². The zero-order valence-electron chi connectivity index (χ0n) is 8.16. The van der Waals surface area contributed by atoms with Gasteiger partial charge >= 0.3 is 12.5 Å². The van der Waals surface area contributed by atoms with E-state index >= 15 is 0 Å². The van der Waals surface area contributed by atoms with Crippen molar-refractivity contribution in [2.24, 2.45) is 0 Å². The summed E-state index contributed by atoms with van der Waals surface area (Å²) in [6.07, 6.45) is -9.46. The van der Waals surface area contributed by atoms with Crippen molar-refractivity contribution in [3.63, 3.8) is 0 Å². The van der Waals surface area contributed by atoms with Crippen molar-refractivity contribution in [2.45, 2.75) is 18.4 Å². The Balaban J connectivity index is 3.39. The molecule has 0 N–H and O–H groups in total. The third kappa shape index (κ3) is 3.77. The topological polar surface area (TPSA) is 22.1 Å². The lowest BCUT2D eigenvalue weighted by atomic mass is 10.2. The van der Waals surface area contributed by atoms with Crippen LogP contribution in [0.3, 0.4) is 0 Å². The van der Waals surface area contributed by atoms with Gasteiger partial charge in [0.1, 0.15) is 5.56 Å². The second-order valence-electron chi connectivity index (χ2n) is 2.96. The molecule has 0 amide bonds. The third-order valence-electron chi connectivity index (χ3n) is 1.69. The van der Waals surface area contributed by atoms with E-state index in [2.05, 4.69) is 9.72 Å². The normalized spacial score (nSPS) is 12.7. The Morgan fingerprint density at radius 2 is 1.78 bits per heavy atom. The van der Waals surface area contributed by atoms with Crippen LogP contribution in [0.1, 0.15) is 11.1 Å². The van der Waals surface area contributed by atoms with Crippen LogP contribution in [-0.4, -0.2) is 11.3 Å². The molecule has 0 saturated carbocycles. The molecule has 0 saturated heterocycles. The first kappa shape index (κ1) is 15.6. The van der Waals surface area contributed by atoms with E-state index in [0.717, 1.165) is 6.20 Å². The maximum atomic E-state index is 12.7. The minimum absolute atomic E-state index is 0.0286. The Morgan fingerprint density at radius 3 is 2.17 bits per heavy atom. The molecule has 102 valence electrons. The lowest BCUT2D eigenvalue weighted by molar-refractivity contribution is -0.278. The summed E-state index contributed by atoms with van der Waals surface area (Å²) in [5, 5.41) is 0. The van der Waals surface area contributed by atoms with Gasteiger partial charge < -0.3 is 4.74 Å². The molecule has 0 radical (unpaired) electrons. The van der Waals surface area contributed by atoms with Crippen LogP contribution >= 0.6 is 34.2 Å². The number of halogens is 8. The van der Waals surface area contributed by atoms with Crippen LogP contribution in [0.5, 0.6) is 5.88 Å². The SMILES string of the molecule is FC(F)(F)Oc1ncc(CCl)c(I)c1C(F)(F)F. The average molecular weight is 405 g/mol. The van der Waals surface area contributed by atoms with E-state index in [9.17, 15) is 26.3 Å². The molecule has 1 rings (SSSR count). The smallest absolute Gasteiger partial charge is 0.387 e. The second-order valence-corrected chi connectivity index (χ2v) is 4.30. The Labute approximate surface area is 115 Å². The molecular weight excluding hydrogens is 402 g/mol. The van der Waals surface area contributed by atoms with E-state index in [4.69, 9.17) is 11.6 Å². The number of alkyl halides is 7. The number of rotatable bonds is 2. The highest BCUT2D eigenvalue weighted by Crippen LogP contribution is 2.41. The monoisotopic (exact) mass is 405 g/mol. The fourth-order valence-electron chi connectivity index (χ4n) is 1.04. The highest BCUT2D eigenvalue weighted by Gasteiger charge is 2.42. The van der Waals surface area contributed by atoms with Crippen molar-refractivity contribution >= 4 is 34.2 Å². The Bertz CT molecular complexity index is 446. The largest absolute Gasteiger partial charge is 0.574 e. The molecule has 0 aliphatic heterocycles. The van der Waals surface area contributed by atoms with Gasteiger partial charge in [0.2, 0.25) is 5.88 Å². The van der Waals surface area contributed by atoms with Gasteiger partial charge in [0.25, 0.3) is 0 Å². The molecule has 0 bridgehead atoms.